The van der Waals surface area contributed by atoms with Crippen LogP contribution in [0, 0.1) is 0 Å². The fourth-order valence-corrected chi connectivity index (χ4v) is 2.29. The fraction of sp³-hybridized carbons (Fsp3) is 0.300. The van der Waals surface area contributed by atoms with E-state index in [1.807, 2.05) is 31.2 Å². The van der Waals surface area contributed by atoms with Crippen LogP contribution in [0.1, 0.15) is 17.3 Å². The predicted octanol–water partition coefficient (Wildman–Crippen LogP) is 2.51. The Bertz CT molecular complexity index is 747. The largest absolute Gasteiger partial charge is 0.491 e. The number of ether oxygens (including phenoxy) is 2. The zero-order valence-corrected chi connectivity index (χ0v) is 15.6. The molecule has 2 rings (SSSR count). The molecular formula is C20H25N3O4. The Balaban J connectivity index is 1.82. The topological polar surface area (TPSA) is 88.7 Å². The van der Waals surface area contributed by atoms with Gasteiger partial charge in [-0.15, -0.1) is 0 Å². The average Bonchev–Trinajstić information content (AvgIpc) is 2.68. The third kappa shape index (κ3) is 6.99. The minimum Gasteiger partial charge on any atom is -0.491 e. The number of benzene rings is 2. The molecule has 27 heavy (non-hydrogen) atoms. The predicted molar refractivity (Wildman–Crippen MR) is 105 cm³/mol. The zero-order valence-electron chi connectivity index (χ0n) is 15.6. The van der Waals surface area contributed by atoms with E-state index in [4.69, 9.17) is 9.47 Å². The van der Waals surface area contributed by atoms with E-state index in [9.17, 15) is 9.59 Å². The van der Waals surface area contributed by atoms with Crippen LogP contribution in [0.5, 0.6) is 5.75 Å². The highest BCUT2D eigenvalue weighted by Crippen LogP contribution is 2.17. The number of carbonyl (C=O) groups is 2. The van der Waals surface area contributed by atoms with Crippen LogP contribution in [-0.2, 0) is 9.53 Å². The Morgan fingerprint density at radius 2 is 1.78 bits per heavy atom. The number of methoxy groups -OCH3 is 1. The summed E-state index contributed by atoms with van der Waals surface area (Å²) in [6.45, 7) is 3.52. The fourth-order valence-electron chi connectivity index (χ4n) is 2.29. The molecule has 0 saturated carbocycles. The molecule has 0 heterocycles. The second-order valence-corrected chi connectivity index (χ2v) is 5.71. The van der Waals surface area contributed by atoms with Gasteiger partial charge in [0.2, 0.25) is 5.91 Å². The first kappa shape index (κ1) is 20.3. The highest BCUT2D eigenvalue weighted by molar-refractivity contribution is 5.96. The maximum atomic E-state index is 12.1. The molecule has 0 aromatic heterocycles. The van der Waals surface area contributed by atoms with Crippen LogP contribution in [0.4, 0.5) is 11.4 Å². The van der Waals surface area contributed by atoms with Crippen molar-refractivity contribution in [2.75, 3.05) is 44.0 Å². The van der Waals surface area contributed by atoms with Gasteiger partial charge in [-0.1, -0.05) is 6.07 Å². The van der Waals surface area contributed by atoms with Gasteiger partial charge in [0.25, 0.3) is 5.91 Å². The molecule has 0 aliphatic rings. The van der Waals surface area contributed by atoms with Gasteiger partial charge in [-0.2, -0.15) is 0 Å². The van der Waals surface area contributed by atoms with Gasteiger partial charge in [-0.05, 0) is 43.3 Å². The van der Waals surface area contributed by atoms with Crippen molar-refractivity contribution in [2.24, 2.45) is 0 Å². The highest BCUT2D eigenvalue weighted by atomic mass is 16.5. The molecule has 0 aliphatic carbocycles. The Hall–Kier alpha value is -3.06. The first-order chi connectivity index (χ1) is 13.1. The third-order valence-corrected chi connectivity index (χ3v) is 3.61. The van der Waals surface area contributed by atoms with Gasteiger partial charge in [-0.25, -0.2) is 0 Å². The number of hydrogen-bond acceptors (Lipinski definition) is 5. The van der Waals surface area contributed by atoms with Crippen LogP contribution in [-0.4, -0.2) is 45.2 Å². The molecule has 0 bridgehead atoms. The number of carbonyl (C=O) groups excluding carboxylic acids is 2. The van der Waals surface area contributed by atoms with Gasteiger partial charge in [-0.3, -0.25) is 9.59 Å². The molecule has 7 heteroatoms. The summed E-state index contributed by atoms with van der Waals surface area (Å²) < 4.78 is 10.5. The lowest BCUT2D eigenvalue weighted by molar-refractivity contribution is -0.114. The van der Waals surface area contributed by atoms with Gasteiger partial charge in [0.1, 0.15) is 12.4 Å². The molecule has 0 atom stereocenters. The minimum atomic E-state index is -0.188. The van der Waals surface area contributed by atoms with Gasteiger partial charge in [0.05, 0.1) is 13.2 Å². The quantitative estimate of drug-likeness (QED) is 0.559. The second-order valence-electron chi connectivity index (χ2n) is 5.71. The molecule has 2 aromatic carbocycles. The first-order valence-corrected chi connectivity index (χ1v) is 8.76. The number of amides is 2. The lowest BCUT2D eigenvalue weighted by atomic mass is 10.2. The number of anilines is 2. The van der Waals surface area contributed by atoms with E-state index in [0.717, 1.165) is 5.69 Å². The third-order valence-electron chi connectivity index (χ3n) is 3.61. The van der Waals surface area contributed by atoms with E-state index in [1.54, 1.807) is 31.4 Å². The van der Waals surface area contributed by atoms with Gasteiger partial charge < -0.3 is 25.4 Å². The Labute approximate surface area is 159 Å². The molecule has 0 aliphatic heterocycles. The van der Waals surface area contributed by atoms with Crippen molar-refractivity contribution in [3.8, 4) is 5.75 Å². The summed E-state index contributed by atoms with van der Waals surface area (Å²) in [7, 11) is 1.62. The molecule has 144 valence electrons. The Kier molecular flexibility index (Phi) is 8.12. The van der Waals surface area contributed by atoms with Crippen LogP contribution < -0.4 is 20.7 Å². The molecule has 0 radical (unpaired) electrons. The van der Waals surface area contributed by atoms with Crippen molar-refractivity contribution in [2.45, 2.75) is 6.92 Å². The Morgan fingerprint density at radius 3 is 2.48 bits per heavy atom. The highest BCUT2D eigenvalue weighted by Gasteiger charge is 2.06. The van der Waals surface area contributed by atoms with Crippen molar-refractivity contribution in [1.82, 2.24) is 5.32 Å². The second kappa shape index (κ2) is 10.8. The molecule has 7 nitrogen and oxygen atoms in total. The molecule has 0 saturated heterocycles. The van der Waals surface area contributed by atoms with Crippen molar-refractivity contribution < 1.29 is 19.1 Å². The lowest BCUT2D eigenvalue weighted by Crippen LogP contribution is -2.23. The number of hydrogen-bond donors (Lipinski definition) is 3. The maximum Gasteiger partial charge on any atom is 0.251 e. The summed E-state index contributed by atoms with van der Waals surface area (Å²) in [5, 5.41) is 8.57. The zero-order chi connectivity index (χ0) is 19.5. The minimum absolute atomic E-state index is 0.111. The van der Waals surface area contributed by atoms with E-state index in [-0.39, 0.29) is 18.4 Å². The van der Waals surface area contributed by atoms with E-state index in [2.05, 4.69) is 16.0 Å². The number of rotatable bonds is 10. The van der Waals surface area contributed by atoms with Crippen LogP contribution >= 0.6 is 0 Å². The molecule has 3 N–H and O–H groups in total. The molecule has 0 fully saturated rings. The summed E-state index contributed by atoms with van der Waals surface area (Å²) in [4.78, 5) is 23.8. The van der Waals surface area contributed by atoms with E-state index in [0.29, 0.717) is 36.8 Å². The molecule has 0 unspecified atom stereocenters. The standard InChI is InChI=1S/C20H25N3O4/c1-3-21-20(25)15-7-9-16(10-8-15)23-19(24)14-22-17-5-4-6-18(13-17)27-12-11-26-2/h4-10,13,22H,3,11-12,14H2,1-2H3,(H,21,25)(H,23,24). The normalized spacial score (nSPS) is 10.1. The summed E-state index contributed by atoms with van der Waals surface area (Å²) in [5.41, 5.74) is 1.97. The maximum absolute atomic E-state index is 12.1. The lowest BCUT2D eigenvalue weighted by Gasteiger charge is -2.10. The molecule has 0 spiro atoms. The smallest absolute Gasteiger partial charge is 0.251 e. The summed E-state index contributed by atoms with van der Waals surface area (Å²) in [5.74, 6) is 0.384. The van der Waals surface area contributed by atoms with Crippen LogP contribution in [0.2, 0.25) is 0 Å². The Morgan fingerprint density at radius 1 is 1.00 bits per heavy atom. The van der Waals surface area contributed by atoms with Crippen molar-refractivity contribution in [3.63, 3.8) is 0 Å². The molecule has 2 aromatic rings. The molecule has 2 amide bonds. The van der Waals surface area contributed by atoms with Gasteiger partial charge >= 0.3 is 0 Å². The van der Waals surface area contributed by atoms with E-state index in [1.165, 1.54) is 0 Å². The van der Waals surface area contributed by atoms with Crippen LogP contribution in [0.3, 0.4) is 0 Å². The number of nitrogens with one attached hydrogen (secondary N) is 3. The average molecular weight is 371 g/mol. The van der Waals surface area contributed by atoms with Crippen molar-refractivity contribution >= 4 is 23.2 Å². The summed E-state index contributed by atoms with van der Waals surface area (Å²) >= 11 is 0. The summed E-state index contributed by atoms with van der Waals surface area (Å²) in [6.07, 6.45) is 0. The SMILES string of the molecule is CCNC(=O)c1ccc(NC(=O)CNc2cccc(OCCOC)c2)cc1. The van der Waals surface area contributed by atoms with E-state index < -0.39 is 0 Å². The first-order valence-electron chi connectivity index (χ1n) is 8.76. The van der Waals surface area contributed by atoms with E-state index >= 15 is 0 Å². The van der Waals surface area contributed by atoms with Crippen LogP contribution in [0.15, 0.2) is 48.5 Å². The summed E-state index contributed by atoms with van der Waals surface area (Å²) in [6, 6.07) is 14.1. The monoisotopic (exact) mass is 371 g/mol. The van der Waals surface area contributed by atoms with Crippen LogP contribution in [0.25, 0.3) is 0 Å². The molecular weight excluding hydrogens is 346 g/mol. The van der Waals surface area contributed by atoms with Gasteiger partial charge in [0.15, 0.2) is 0 Å². The van der Waals surface area contributed by atoms with Crippen molar-refractivity contribution in [1.29, 1.82) is 0 Å². The van der Waals surface area contributed by atoms with Gasteiger partial charge in [0, 0.05) is 36.7 Å². The van der Waals surface area contributed by atoms with Crippen molar-refractivity contribution in [3.05, 3.63) is 54.1 Å².